The molecule has 6 nitrogen and oxygen atoms in total. The number of fused-ring (bicyclic) bond motifs is 1. The van der Waals surface area contributed by atoms with Gasteiger partial charge in [-0.05, 0) is 57.4 Å². The molecule has 3 atom stereocenters. The molecule has 158 valence electrons. The summed E-state index contributed by atoms with van der Waals surface area (Å²) in [4.78, 5) is 38.4. The van der Waals surface area contributed by atoms with Gasteiger partial charge in [0.25, 0.3) is 0 Å². The van der Waals surface area contributed by atoms with Gasteiger partial charge in [-0.15, -0.1) is 11.3 Å². The van der Waals surface area contributed by atoms with Crippen molar-refractivity contribution in [2.24, 2.45) is 17.8 Å². The van der Waals surface area contributed by atoms with Crippen LogP contribution in [0.15, 0.2) is 11.1 Å². The first kappa shape index (κ1) is 21.6. The number of carbonyl (C=O) groups is 3. The van der Waals surface area contributed by atoms with Crippen LogP contribution >= 0.6 is 11.3 Å². The zero-order valence-corrected chi connectivity index (χ0v) is 18.3. The topological polar surface area (TPSA) is 92.7 Å². The van der Waals surface area contributed by atoms with Crippen molar-refractivity contribution < 1.29 is 24.2 Å². The highest BCUT2D eigenvalue weighted by Gasteiger charge is 2.38. The molecule has 0 aromatic carbocycles. The summed E-state index contributed by atoms with van der Waals surface area (Å²) in [6, 6.07) is 0. The van der Waals surface area contributed by atoms with E-state index in [9.17, 15) is 19.5 Å². The Morgan fingerprint density at radius 2 is 1.79 bits per heavy atom. The van der Waals surface area contributed by atoms with Gasteiger partial charge >= 0.3 is 11.9 Å². The molecule has 0 saturated heterocycles. The molecule has 1 aromatic rings. The van der Waals surface area contributed by atoms with E-state index in [1.165, 1.54) is 18.4 Å². The maximum absolute atomic E-state index is 13.1. The number of thiophene rings is 1. The summed E-state index contributed by atoms with van der Waals surface area (Å²) in [6.07, 6.45) is 4.60. The third-order valence-electron chi connectivity index (χ3n) is 6.49. The van der Waals surface area contributed by atoms with Crippen molar-refractivity contribution in [1.29, 1.82) is 0 Å². The largest absolute Gasteiger partial charge is 0.481 e. The number of carboxylic acids is 1. The smallest absolute Gasteiger partial charge is 0.341 e. The maximum atomic E-state index is 13.1. The molecule has 0 spiro atoms. The number of methoxy groups -OCH3 is 1. The summed E-state index contributed by atoms with van der Waals surface area (Å²) >= 11 is 1.44. The van der Waals surface area contributed by atoms with E-state index >= 15 is 0 Å². The van der Waals surface area contributed by atoms with E-state index in [-0.39, 0.29) is 5.91 Å². The van der Waals surface area contributed by atoms with Crippen LogP contribution in [-0.4, -0.2) is 30.1 Å². The highest BCUT2D eigenvalue weighted by Crippen LogP contribution is 2.42. The second-order valence-corrected chi connectivity index (χ2v) is 9.33. The fourth-order valence-electron chi connectivity index (χ4n) is 4.44. The quantitative estimate of drug-likeness (QED) is 0.544. The molecule has 1 aromatic heterocycles. The lowest BCUT2D eigenvalue weighted by atomic mass is 9.76. The van der Waals surface area contributed by atoms with E-state index in [4.69, 9.17) is 4.74 Å². The molecule has 0 radical (unpaired) electrons. The number of rotatable bonds is 5. The molecule has 0 saturated carbocycles. The average molecular weight is 420 g/mol. The number of allylic oxidation sites excluding steroid dienone is 2. The van der Waals surface area contributed by atoms with Crippen LogP contribution in [0.2, 0.25) is 0 Å². The van der Waals surface area contributed by atoms with Crippen LogP contribution in [0.5, 0.6) is 0 Å². The van der Waals surface area contributed by atoms with E-state index in [1.807, 2.05) is 13.8 Å². The second kappa shape index (κ2) is 8.69. The van der Waals surface area contributed by atoms with Gasteiger partial charge in [-0.25, -0.2) is 4.79 Å². The molecular formula is C22H29NO5S. The molecule has 2 aliphatic carbocycles. The SMILES string of the molecule is CC[C@@H]1CCc2c(sc(NC(=O)[C@@H]3CC(C)=C(C)C[C@@H]3C(=O)O)c2C(=O)OC)C1. The lowest BCUT2D eigenvalue weighted by Crippen LogP contribution is -2.36. The Balaban J connectivity index is 1.91. The molecule has 2 aliphatic rings. The average Bonchev–Trinajstić information content (AvgIpc) is 3.05. The van der Waals surface area contributed by atoms with E-state index in [0.29, 0.717) is 29.3 Å². The summed E-state index contributed by atoms with van der Waals surface area (Å²) in [5.41, 5.74) is 3.52. The Bertz CT molecular complexity index is 869. The number of hydrogen-bond acceptors (Lipinski definition) is 5. The van der Waals surface area contributed by atoms with Crippen LogP contribution in [-0.2, 0) is 27.2 Å². The van der Waals surface area contributed by atoms with Gasteiger partial charge in [-0.2, -0.15) is 0 Å². The Labute approximate surface area is 175 Å². The van der Waals surface area contributed by atoms with Gasteiger partial charge in [-0.1, -0.05) is 24.5 Å². The van der Waals surface area contributed by atoms with E-state index in [1.54, 1.807) is 0 Å². The molecule has 7 heteroatoms. The Morgan fingerprint density at radius 3 is 2.38 bits per heavy atom. The number of hydrogen-bond donors (Lipinski definition) is 2. The molecule has 1 heterocycles. The van der Waals surface area contributed by atoms with Crippen molar-refractivity contribution >= 4 is 34.2 Å². The third kappa shape index (κ3) is 4.25. The normalized spacial score (nSPS) is 24.1. The second-order valence-electron chi connectivity index (χ2n) is 8.23. The molecule has 29 heavy (non-hydrogen) atoms. The molecule has 1 amide bonds. The molecular weight excluding hydrogens is 390 g/mol. The van der Waals surface area contributed by atoms with Gasteiger partial charge in [0.1, 0.15) is 5.00 Å². The predicted octanol–water partition coefficient (Wildman–Crippen LogP) is 4.44. The number of nitrogens with one attached hydrogen (secondary N) is 1. The summed E-state index contributed by atoms with van der Waals surface area (Å²) in [7, 11) is 1.34. The van der Waals surface area contributed by atoms with Gasteiger partial charge in [0.05, 0.1) is 24.5 Å². The van der Waals surface area contributed by atoms with Gasteiger partial charge in [-0.3, -0.25) is 9.59 Å². The lowest BCUT2D eigenvalue weighted by Gasteiger charge is -2.29. The summed E-state index contributed by atoms with van der Waals surface area (Å²) in [5, 5.41) is 13.0. The zero-order valence-electron chi connectivity index (χ0n) is 17.5. The number of anilines is 1. The molecule has 0 fully saturated rings. The minimum atomic E-state index is -0.957. The Morgan fingerprint density at radius 1 is 1.14 bits per heavy atom. The Kier molecular flexibility index (Phi) is 6.46. The van der Waals surface area contributed by atoms with Crippen LogP contribution in [0.3, 0.4) is 0 Å². The first-order valence-electron chi connectivity index (χ1n) is 10.2. The van der Waals surface area contributed by atoms with Gasteiger partial charge < -0.3 is 15.2 Å². The predicted molar refractivity (Wildman–Crippen MR) is 112 cm³/mol. The molecule has 0 bridgehead atoms. The van der Waals surface area contributed by atoms with E-state index in [0.717, 1.165) is 47.3 Å². The van der Waals surface area contributed by atoms with E-state index < -0.39 is 23.8 Å². The van der Waals surface area contributed by atoms with Crippen molar-refractivity contribution in [3.63, 3.8) is 0 Å². The molecule has 3 rings (SSSR count). The van der Waals surface area contributed by atoms with Crippen molar-refractivity contribution in [3.8, 4) is 0 Å². The Hall–Kier alpha value is -2.15. The standard InChI is InChI=1S/C22H29NO5S/c1-5-13-6-7-14-17(10-13)29-20(18(14)22(27)28-4)23-19(24)15-8-11(2)12(3)9-16(15)21(25)26/h13,15-16H,5-10H2,1-4H3,(H,23,24)(H,25,26)/t13-,15-,16+/m1/s1. The molecule has 2 N–H and O–H groups in total. The first-order chi connectivity index (χ1) is 13.8. The number of carbonyl (C=O) groups excluding carboxylic acids is 2. The van der Waals surface area contributed by atoms with Crippen molar-refractivity contribution in [3.05, 3.63) is 27.2 Å². The van der Waals surface area contributed by atoms with Gasteiger partial charge in [0.2, 0.25) is 5.91 Å². The minimum Gasteiger partial charge on any atom is -0.481 e. The first-order valence-corrected chi connectivity index (χ1v) is 11.0. The van der Waals surface area contributed by atoms with Gasteiger partial charge in [0, 0.05) is 4.88 Å². The van der Waals surface area contributed by atoms with Crippen molar-refractivity contribution in [2.75, 3.05) is 12.4 Å². The zero-order chi connectivity index (χ0) is 21.3. The van der Waals surface area contributed by atoms with Crippen molar-refractivity contribution in [1.82, 2.24) is 0 Å². The summed E-state index contributed by atoms with van der Waals surface area (Å²) in [6.45, 7) is 6.04. The fraction of sp³-hybridized carbons (Fsp3) is 0.591. The number of ether oxygens (including phenoxy) is 1. The highest BCUT2D eigenvalue weighted by atomic mass is 32.1. The maximum Gasteiger partial charge on any atom is 0.341 e. The van der Waals surface area contributed by atoms with E-state index in [2.05, 4.69) is 12.2 Å². The highest BCUT2D eigenvalue weighted by molar-refractivity contribution is 7.17. The number of aliphatic carboxylic acids is 1. The van der Waals surface area contributed by atoms with Crippen LogP contribution in [0.1, 0.15) is 67.3 Å². The lowest BCUT2D eigenvalue weighted by molar-refractivity contribution is -0.146. The molecule has 0 unspecified atom stereocenters. The van der Waals surface area contributed by atoms with Crippen LogP contribution < -0.4 is 5.32 Å². The summed E-state index contributed by atoms with van der Waals surface area (Å²) in [5.74, 6) is -2.55. The van der Waals surface area contributed by atoms with Crippen LogP contribution in [0.4, 0.5) is 5.00 Å². The van der Waals surface area contributed by atoms with Crippen molar-refractivity contribution in [2.45, 2.75) is 59.3 Å². The number of carboxylic acid groups (broad SMARTS) is 1. The molecule has 0 aliphatic heterocycles. The fourth-order valence-corrected chi connectivity index (χ4v) is 5.79. The van der Waals surface area contributed by atoms with Crippen LogP contribution in [0.25, 0.3) is 0 Å². The monoisotopic (exact) mass is 419 g/mol. The number of esters is 1. The minimum absolute atomic E-state index is 0.333. The van der Waals surface area contributed by atoms with Gasteiger partial charge in [0.15, 0.2) is 0 Å². The van der Waals surface area contributed by atoms with Crippen LogP contribution in [0, 0.1) is 17.8 Å². The third-order valence-corrected chi connectivity index (χ3v) is 7.66. The summed E-state index contributed by atoms with van der Waals surface area (Å²) < 4.78 is 4.99. The number of amides is 1.